The summed E-state index contributed by atoms with van der Waals surface area (Å²) < 4.78 is 5.75. The molecule has 0 bridgehead atoms. The molecule has 7 heteroatoms. The van der Waals surface area contributed by atoms with Crippen molar-refractivity contribution in [3.63, 3.8) is 0 Å². The van der Waals surface area contributed by atoms with Crippen molar-refractivity contribution in [1.29, 1.82) is 0 Å². The molecule has 1 aromatic carbocycles. The minimum absolute atomic E-state index is 0.132. The first kappa shape index (κ1) is 20.6. The largest absolute Gasteiger partial charge is 0.469 e. The van der Waals surface area contributed by atoms with Gasteiger partial charge in [0, 0.05) is 49.3 Å². The SMILES string of the molecule is CN=C(NCCCCCC(=O)OC)NC1CCN(c2ccc(Br)cc2)C1. The molecule has 0 saturated carbocycles. The maximum atomic E-state index is 11.1. The van der Waals surface area contributed by atoms with Gasteiger partial charge in [0.05, 0.1) is 7.11 Å². The molecule has 0 radical (unpaired) electrons. The number of halogens is 1. The Labute approximate surface area is 164 Å². The first-order valence-electron chi connectivity index (χ1n) is 9.17. The lowest BCUT2D eigenvalue weighted by atomic mass is 10.2. The first-order valence-corrected chi connectivity index (χ1v) is 9.96. The maximum Gasteiger partial charge on any atom is 0.305 e. The summed E-state index contributed by atoms with van der Waals surface area (Å²) in [5, 5.41) is 6.87. The fourth-order valence-electron chi connectivity index (χ4n) is 3.03. The quantitative estimate of drug-likeness (QED) is 0.290. The van der Waals surface area contributed by atoms with Crippen molar-refractivity contribution in [1.82, 2.24) is 10.6 Å². The zero-order chi connectivity index (χ0) is 18.8. The molecule has 1 unspecified atom stereocenters. The number of hydrogen-bond acceptors (Lipinski definition) is 4. The Balaban J connectivity index is 1.65. The molecule has 144 valence electrons. The number of unbranched alkanes of at least 4 members (excludes halogenated alkanes) is 2. The number of anilines is 1. The summed E-state index contributed by atoms with van der Waals surface area (Å²) in [7, 11) is 3.23. The second kappa shape index (κ2) is 11.1. The molecule has 6 nitrogen and oxygen atoms in total. The van der Waals surface area contributed by atoms with Crippen molar-refractivity contribution < 1.29 is 9.53 Å². The molecule has 1 heterocycles. The summed E-state index contributed by atoms with van der Waals surface area (Å²) >= 11 is 3.48. The average molecular weight is 425 g/mol. The van der Waals surface area contributed by atoms with Crippen LogP contribution in [0.15, 0.2) is 33.7 Å². The van der Waals surface area contributed by atoms with Crippen LogP contribution in [0.1, 0.15) is 32.1 Å². The van der Waals surface area contributed by atoms with Gasteiger partial charge in [0.25, 0.3) is 0 Å². The molecular weight excluding hydrogens is 396 g/mol. The zero-order valence-corrected chi connectivity index (χ0v) is 17.2. The Morgan fingerprint density at radius 2 is 2.08 bits per heavy atom. The van der Waals surface area contributed by atoms with Crippen LogP contribution in [0.5, 0.6) is 0 Å². The van der Waals surface area contributed by atoms with Gasteiger partial charge in [0.15, 0.2) is 5.96 Å². The number of nitrogens with one attached hydrogen (secondary N) is 2. The summed E-state index contributed by atoms with van der Waals surface area (Å²) in [6, 6.07) is 8.85. The molecule has 1 aromatic rings. The number of aliphatic imine (C=N–C) groups is 1. The number of carbonyl (C=O) groups is 1. The molecule has 1 saturated heterocycles. The number of hydrogen-bond donors (Lipinski definition) is 2. The van der Waals surface area contributed by atoms with Crippen LogP contribution in [0.25, 0.3) is 0 Å². The van der Waals surface area contributed by atoms with E-state index in [4.69, 9.17) is 0 Å². The van der Waals surface area contributed by atoms with E-state index < -0.39 is 0 Å². The molecule has 0 aliphatic carbocycles. The molecule has 1 atom stereocenters. The van der Waals surface area contributed by atoms with E-state index in [2.05, 4.69) is 65.5 Å². The Bertz CT molecular complexity index is 592. The average Bonchev–Trinajstić information content (AvgIpc) is 3.12. The van der Waals surface area contributed by atoms with E-state index in [1.165, 1.54) is 12.8 Å². The summed E-state index contributed by atoms with van der Waals surface area (Å²) in [5.74, 6) is 0.715. The van der Waals surface area contributed by atoms with E-state index in [1.807, 2.05) is 0 Å². The predicted octanol–water partition coefficient (Wildman–Crippen LogP) is 2.93. The van der Waals surface area contributed by atoms with Gasteiger partial charge in [0.2, 0.25) is 0 Å². The normalized spacial score (nSPS) is 17.3. The van der Waals surface area contributed by atoms with Crippen LogP contribution in [0.4, 0.5) is 5.69 Å². The third-order valence-corrected chi connectivity index (χ3v) is 5.05. The van der Waals surface area contributed by atoms with E-state index >= 15 is 0 Å². The molecule has 1 aliphatic heterocycles. The molecule has 26 heavy (non-hydrogen) atoms. The highest BCUT2D eigenvalue weighted by Gasteiger charge is 2.23. The first-order chi connectivity index (χ1) is 12.6. The van der Waals surface area contributed by atoms with Gasteiger partial charge >= 0.3 is 5.97 Å². The van der Waals surface area contributed by atoms with Crippen molar-refractivity contribution >= 4 is 33.5 Å². The van der Waals surface area contributed by atoms with E-state index in [0.29, 0.717) is 12.5 Å². The van der Waals surface area contributed by atoms with Crippen molar-refractivity contribution in [2.45, 2.75) is 38.1 Å². The fraction of sp³-hybridized carbons (Fsp3) is 0.579. The molecule has 0 aromatic heterocycles. The lowest BCUT2D eigenvalue weighted by Crippen LogP contribution is -2.44. The minimum atomic E-state index is -0.132. The van der Waals surface area contributed by atoms with Crippen LogP contribution < -0.4 is 15.5 Å². The summed E-state index contributed by atoms with van der Waals surface area (Å²) in [6.45, 7) is 2.87. The topological polar surface area (TPSA) is 66.0 Å². The van der Waals surface area contributed by atoms with Gasteiger partial charge in [0.1, 0.15) is 0 Å². The fourth-order valence-corrected chi connectivity index (χ4v) is 3.30. The second-order valence-corrected chi connectivity index (χ2v) is 7.35. The smallest absolute Gasteiger partial charge is 0.305 e. The number of methoxy groups -OCH3 is 1. The number of rotatable bonds is 8. The minimum Gasteiger partial charge on any atom is -0.469 e. The molecule has 0 amide bonds. The van der Waals surface area contributed by atoms with Crippen molar-refractivity contribution in [2.24, 2.45) is 4.99 Å². The van der Waals surface area contributed by atoms with Gasteiger partial charge in [-0.25, -0.2) is 0 Å². The Morgan fingerprint density at radius 1 is 1.31 bits per heavy atom. The highest BCUT2D eigenvalue weighted by Crippen LogP contribution is 2.22. The number of ether oxygens (including phenoxy) is 1. The van der Waals surface area contributed by atoms with Gasteiger partial charge in [-0.2, -0.15) is 0 Å². The van der Waals surface area contributed by atoms with E-state index in [0.717, 1.165) is 55.7 Å². The van der Waals surface area contributed by atoms with Gasteiger partial charge in [-0.3, -0.25) is 9.79 Å². The van der Waals surface area contributed by atoms with Crippen LogP contribution in [0, 0.1) is 0 Å². The third-order valence-electron chi connectivity index (χ3n) is 4.52. The summed E-state index contributed by atoms with van der Waals surface area (Å²) in [5.41, 5.74) is 1.26. The summed E-state index contributed by atoms with van der Waals surface area (Å²) in [4.78, 5) is 17.8. The summed E-state index contributed by atoms with van der Waals surface area (Å²) in [6.07, 6.45) is 4.46. The van der Waals surface area contributed by atoms with Crippen LogP contribution >= 0.6 is 15.9 Å². The molecule has 2 rings (SSSR count). The molecule has 2 N–H and O–H groups in total. The molecular formula is C19H29BrN4O2. The van der Waals surface area contributed by atoms with Crippen molar-refractivity contribution in [3.05, 3.63) is 28.7 Å². The Kier molecular flexibility index (Phi) is 8.74. The van der Waals surface area contributed by atoms with Crippen LogP contribution in [0.3, 0.4) is 0 Å². The molecule has 0 spiro atoms. The standard InChI is InChI=1S/C19H29BrN4O2/c1-21-19(22-12-5-3-4-6-18(25)26-2)23-16-11-13-24(14-16)17-9-7-15(20)8-10-17/h7-10,16H,3-6,11-14H2,1-2H3,(H2,21,22,23). The van der Waals surface area contributed by atoms with Crippen molar-refractivity contribution in [3.8, 4) is 0 Å². The number of guanidine groups is 1. The number of benzene rings is 1. The highest BCUT2D eigenvalue weighted by atomic mass is 79.9. The van der Waals surface area contributed by atoms with E-state index in [9.17, 15) is 4.79 Å². The molecule has 1 aliphatic rings. The number of nitrogens with zero attached hydrogens (tertiary/aromatic N) is 2. The second-order valence-electron chi connectivity index (χ2n) is 6.44. The van der Waals surface area contributed by atoms with Crippen LogP contribution in [-0.4, -0.2) is 51.8 Å². The Hall–Kier alpha value is -1.76. The number of esters is 1. The zero-order valence-electron chi connectivity index (χ0n) is 15.6. The van der Waals surface area contributed by atoms with Crippen LogP contribution in [-0.2, 0) is 9.53 Å². The predicted molar refractivity (Wildman–Crippen MR) is 110 cm³/mol. The lowest BCUT2D eigenvalue weighted by molar-refractivity contribution is -0.140. The van der Waals surface area contributed by atoms with E-state index in [-0.39, 0.29) is 5.97 Å². The highest BCUT2D eigenvalue weighted by molar-refractivity contribution is 9.10. The maximum absolute atomic E-state index is 11.1. The van der Waals surface area contributed by atoms with Crippen molar-refractivity contribution in [2.75, 3.05) is 38.7 Å². The van der Waals surface area contributed by atoms with Gasteiger partial charge in [-0.1, -0.05) is 22.4 Å². The van der Waals surface area contributed by atoms with Crippen LogP contribution in [0.2, 0.25) is 0 Å². The van der Waals surface area contributed by atoms with E-state index in [1.54, 1.807) is 7.05 Å². The number of carbonyl (C=O) groups excluding carboxylic acids is 1. The van der Waals surface area contributed by atoms with Gasteiger partial charge in [-0.05, 0) is 43.5 Å². The third kappa shape index (κ3) is 6.86. The monoisotopic (exact) mass is 424 g/mol. The van der Waals surface area contributed by atoms with Gasteiger partial charge in [-0.15, -0.1) is 0 Å². The van der Waals surface area contributed by atoms with Gasteiger partial charge < -0.3 is 20.3 Å². The Morgan fingerprint density at radius 3 is 2.77 bits per heavy atom. The molecule has 1 fully saturated rings. The lowest BCUT2D eigenvalue weighted by Gasteiger charge is -2.20.